The van der Waals surface area contributed by atoms with Crippen LogP contribution in [0.25, 0.3) is 0 Å². The van der Waals surface area contributed by atoms with Crippen molar-refractivity contribution in [3.8, 4) is 11.5 Å². The zero-order valence-electron chi connectivity index (χ0n) is 12.8. The molecule has 0 spiro atoms. The van der Waals surface area contributed by atoms with Crippen molar-refractivity contribution in [2.24, 2.45) is 0 Å². The van der Waals surface area contributed by atoms with Crippen LogP contribution in [0.5, 0.6) is 11.5 Å². The second kappa shape index (κ2) is 5.97. The first-order valence-corrected chi connectivity index (χ1v) is 6.96. The molecule has 22 heavy (non-hydrogen) atoms. The number of phenols is 2. The molecule has 116 valence electrons. The smallest absolute Gasteiger partial charge is 0.323 e. The van der Waals surface area contributed by atoms with E-state index in [9.17, 15) is 15.0 Å². The van der Waals surface area contributed by atoms with E-state index in [0.29, 0.717) is 5.69 Å². The van der Waals surface area contributed by atoms with Crippen LogP contribution < -0.4 is 10.6 Å². The number of phenolic OH excluding ortho intramolecular Hbond substituents is 2. The SMILES string of the molecule is CC(C)(C)c1ccccc1NC(=O)Nc1cc(O)cc(O)c1. The molecule has 0 heterocycles. The Morgan fingerprint density at radius 1 is 0.955 bits per heavy atom. The Hall–Kier alpha value is -2.69. The lowest BCUT2D eigenvalue weighted by atomic mass is 9.86. The van der Waals surface area contributed by atoms with Gasteiger partial charge in [0.25, 0.3) is 0 Å². The Kier molecular flexibility index (Phi) is 4.26. The van der Waals surface area contributed by atoms with Gasteiger partial charge in [0.2, 0.25) is 0 Å². The number of rotatable bonds is 2. The van der Waals surface area contributed by atoms with E-state index in [0.717, 1.165) is 11.3 Å². The monoisotopic (exact) mass is 300 g/mol. The summed E-state index contributed by atoms with van der Waals surface area (Å²) in [7, 11) is 0. The highest BCUT2D eigenvalue weighted by Crippen LogP contribution is 2.29. The first kappa shape index (κ1) is 15.7. The van der Waals surface area contributed by atoms with E-state index in [1.54, 1.807) is 0 Å². The molecule has 0 aromatic heterocycles. The molecule has 0 aliphatic carbocycles. The summed E-state index contributed by atoms with van der Waals surface area (Å²) in [6.45, 7) is 6.20. The Morgan fingerprint density at radius 2 is 1.55 bits per heavy atom. The number of nitrogens with one attached hydrogen (secondary N) is 2. The lowest BCUT2D eigenvalue weighted by Gasteiger charge is -2.23. The topological polar surface area (TPSA) is 81.6 Å². The number of hydrogen-bond donors (Lipinski definition) is 4. The van der Waals surface area contributed by atoms with Crippen molar-refractivity contribution >= 4 is 17.4 Å². The molecule has 5 heteroatoms. The summed E-state index contributed by atoms with van der Waals surface area (Å²) in [5.74, 6) is -0.240. The number of carbonyl (C=O) groups is 1. The molecule has 5 nitrogen and oxygen atoms in total. The first-order valence-electron chi connectivity index (χ1n) is 6.96. The summed E-state index contributed by atoms with van der Waals surface area (Å²) in [5, 5.41) is 24.2. The minimum atomic E-state index is -0.443. The fraction of sp³-hybridized carbons (Fsp3) is 0.235. The highest BCUT2D eigenvalue weighted by molar-refractivity contribution is 6.00. The van der Waals surface area contributed by atoms with Gasteiger partial charge in [0.05, 0.1) is 0 Å². The predicted molar refractivity (Wildman–Crippen MR) is 87.6 cm³/mol. The molecule has 0 saturated heterocycles. The number of benzene rings is 2. The second-order valence-corrected chi connectivity index (χ2v) is 6.11. The van der Waals surface area contributed by atoms with Gasteiger partial charge in [0, 0.05) is 29.6 Å². The van der Waals surface area contributed by atoms with Crippen molar-refractivity contribution in [3.63, 3.8) is 0 Å². The van der Waals surface area contributed by atoms with Gasteiger partial charge >= 0.3 is 6.03 Å². The van der Waals surface area contributed by atoms with Gasteiger partial charge < -0.3 is 20.8 Å². The summed E-state index contributed by atoms with van der Waals surface area (Å²) < 4.78 is 0. The largest absolute Gasteiger partial charge is 0.508 e. The Bertz CT molecular complexity index is 670. The number of para-hydroxylation sites is 1. The Labute approximate surface area is 129 Å². The molecule has 0 saturated carbocycles. The summed E-state index contributed by atoms with van der Waals surface area (Å²) >= 11 is 0. The van der Waals surface area contributed by atoms with E-state index in [1.165, 1.54) is 18.2 Å². The predicted octanol–water partition coefficient (Wildman–Crippen LogP) is 4.04. The van der Waals surface area contributed by atoms with E-state index >= 15 is 0 Å². The van der Waals surface area contributed by atoms with Crippen molar-refractivity contribution in [2.75, 3.05) is 10.6 Å². The van der Waals surface area contributed by atoms with Crippen LogP contribution in [0.3, 0.4) is 0 Å². The second-order valence-electron chi connectivity index (χ2n) is 6.11. The lowest BCUT2D eigenvalue weighted by molar-refractivity contribution is 0.262. The highest BCUT2D eigenvalue weighted by Gasteiger charge is 2.18. The van der Waals surface area contributed by atoms with Crippen LogP contribution in [-0.2, 0) is 5.41 Å². The van der Waals surface area contributed by atoms with Crippen LogP contribution in [0.15, 0.2) is 42.5 Å². The van der Waals surface area contributed by atoms with Gasteiger partial charge in [-0.15, -0.1) is 0 Å². The minimum Gasteiger partial charge on any atom is -0.508 e. The van der Waals surface area contributed by atoms with Crippen LogP contribution in [0.1, 0.15) is 26.3 Å². The third-order valence-electron chi connectivity index (χ3n) is 3.14. The molecule has 2 amide bonds. The molecular weight excluding hydrogens is 280 g/mol. The summed E-state index contributed by atoms with van der Waals surface area (Å²) in [6, 6.07) is 11.0. The van der Waals surface area contributed by atoms with Crippen molar-refractivity contribution in [1.29, 1.82) is 0 Å². The number of anilines is 2. The summed E-state index contributed by atoms with van der Waals surface area (Å²) in [5.41, 5.74) is 1.94. The van der Waals surface area contributed by atoms with Crippen LogP contribution in [-0.4, -0.2) is 16.2 Å². The molecule has 2 aromatic rings. The maximum Gasteiger partial charge on any atom is 0.323 e. The highest BCUT2D eigenvalue weighted by atomic mass is 16.3. The molecule has 0 aliphatic heterocycles. The maximum absolute atomic E-state index is 12.1. The molecule has 4 N–H and O–H groups in total. The van der Waals surface area contributed by atoms with Crippen LogP contribution in [0.4, 0.5) is 16.2 Å². The normalized spacial score (nSPS) is 11.0. The molecule has 0 atom stereocenters. The van der Waals surface area contributed by atoms with Crippen molar-refractivity contribution in [1.82, 2.24) is 0 Å². The Morgan fingerprint density at radius 3 is 2.14 bits per heavy atom. The van der Waals surface area contributed by atoms with Crippen LogP contribution in [0, 0.1) is 0 Å². The Balaban J connectivity index is 2.16. The fourth-order valence-corrected chi connectivity index (χ4v) is 2.20. The fourth-order valence-electron chi connectivity index (χ4n) is 2.20. The maximum atomic E-state index is 12.1. The number of hydrogen-bond acceptors (Lipinski definition) is 3. The molecule has 0 bridgehead atoms. The van der Waals surface area contributed by atoms with E-state index < -0.39 is 6.03 Å². The summed E-state index contributed by atoms with van der Waals surface area (Å²) in [4.78, 5) is 12.1. The lowest BCUT2D eigenvalue weighted by Crippen LogP contribution is -2.22. The molecule has 2 rings (SSSR count). The van der Waals surface area contributed by atoms with Crippen LogP contribution in [0.2, 0.25) is 0 Å². The van der Waals surface area contributed by atoms with E-state index in [1.807, 2.05) is 24.3 Å². The number of amides is 2. The van der Waals surface area contributed by atoms with Gasteiger partial charge in [-0.1, -0.05) is 39.0 Å². The number of urea groups is 1. The first-order chi connectivity index (χ1) is 10.3. The summed E-state index contributed by atoms with van der Waals surface area (Å²) in [6.07, 6.45) is 0. The molecule has 0 fully saturated rings. The van der Waals surface area contributed by atoms with Gasteiger partial charge in [-0.2, -0.15) is 0 Å². The minimum absolute atomic E-state index is 0.104. The third-order valence-corrected chi connectivity index (χ3v) is 3.14. The van der Waals surface area contributed by atoms with Gasteiger partial charge in [-0.25, -0.2) is 4.79 Å². The molecular formula is C17H20N2O3. The van der Waals surface area contributed by atoms with Crippen molar-refractivity contribution in [3.05, 3.63) is 48.0 Å². The third kappa shape index (κ3) is 3.91. The van der Waals surface area contributed by atoms with Gasteiger partial charge in [0.15, 0.2) is 0 Å². The quantitative estimate of drug-likeness (QED) is 0.675. The zero-order valence-corrected chi connectivity index (χ0v) is 12.8. The molecule has 0 aliphatic rings. The van der Waals surface area contributed by atoms with E-state index in [4.69, 9.17) is 0 Å². The van der Waals surface area contributed by atoms with Gasteiger partial charge in [-0.05, 0) is 17.0 Å². The molecule has 0 radical (unpaired) electrons. The zero-order chi connectivity index (χ0) is 16.3. The average Bonchev–Trinajstić information content (AvgIpc) is 2.36. The molecule has 2 aromatic carbocycles. The van der Waals surface area contributed by atoms with Crippen molar-refractivity contribution < 1.29 is 15.0 Å². The number of aromatic hydroxyl groups is 2. The average molecular weight is 300 g/mol. The number of carbonyl (C=O) groups excluding carboxylic acids is 1. The molecule has 0 unspecified atom stereocenters. The van der Waals surface area contributed by atoms with E-state index in [-0.39, 0.29) is 16.9 Å². The van der Waals surface area contributed by atoms with E-state index in [2.05, 4.69) is 31.4 Å². The van der Waals surface area contributed by atoms with Crippen LogP contribution >= 0.6 is 0 Å². The van der Waals surface area contributed by atoms with Crippen molar-refractivity contribution in [2.45, 2.75) is 26.2 Å². The standard InChI is InChI=1S/C17H20N2O3/c1-17(2,3)14-6-4-5-7-15(14)19-16(22)18-11-8-12(20)10-13(21)9-11/h4-10,20-21H,1-3H3,(H2,18,19,22). The van der Waals surface area contributed by atoms with Gasteiger partial charge in [0.1, 0.15) is 11.5 Å². The van der Waals surface area contributed by atoms with Gasteiger partial charge in [-0.3, -0.25) is 0 Å².